The maximum atomic E-state index is 11.5. The molecule has 1 aromatic rings. The van der Waals surface area contributed by atoms with Gasteiger partial charge in [0.2, 0.25) is 0 Å². The molecule has 0 aliphatic rings. The fraction of sp³-hybridized carbons (Fsp3) is 0.500. The second kappa shape index (κ2) is 7.36. The van der Waals surface area contributed by atoms with Crippen LogP contribution in [0.5, 0.6) is 5.75 Å². The van der Waals surface area contributed by atoms with Gasteiger partial charge in [0.15, 0.2) is 6.61 Å². The predicted molar refractivity (Wildman–Crippen MR) is 77.6 cm³/mol. The molecular weight excluding hydrogens is 264 g/mol. The van der Waals surface area contributed by atoms with Crippen LogP contribution in [0.4, 0.5) is 0 Å². The van der Waals surface area contributed by atoms with Crippen LogP contribution in [0.2, 0.25) is 5.02 Å². The van der Waals surface area contributed by atoms with Crippen molar-refractivity contribution in [2.75, 3.05) is 20.7 Å². The quantitative estimate of drug-likeness (QED) is 0.870. The molecule has 2 N–H and O–H groups in total. The molecule has 1 unspecified atom stereocenters. The minimum absolute atomic E-state index is 0.00169. The van der Waals surface area contributed by atoms with E-state index in [1.54, 1.807) is 26.2 Å². The number of likely N-dealkylation sites (N-methyl/N-ethyl adjacent to an activating group) is 1. The third kappa shape index (κ3) is 4.73. The van der Waals surface area contributed by atoms with Crippen molar-refractivity contribution in [2.24, 2.45) is 5.73 Å². The topological polar surface area (TPSA) is 55.6 Å². The summed E-state index contributed by atoms with van der Waals surface area (Å²) in [7, 11) is 3.38. The van der Waals surface area contributed by atoms with Crippen LogP contribution in [0.1, 0.15) is 18.9 Å². The Morgan fingerprint density at radius 3 is 2.74 bits per heavy atom. The molecule has 1 aromatic carbocycles. The molecule has 19 heavy (non-hydrogen) atoms. The minimum atomic E-state index is -0.0919. The van der Waals surface area contributed by atoms with E-state index in [4.69, 9.17) is 22.1 Å². The van der Waals surface area contributed by atoms with E-state index in [-0.39, 0.29) is 18.6 Å². The lowest BCUT2D eigenvalue weighted by molar-refractivity contribution is -0.130. The van der Waals surface area contributed by atoms with Gasteiger partial charge in [-0.25, -0.2) is 0 Å². The van der Waals surface area contributed by atoms with E-state index in [2.05, 4.69) is 0 Å². The largest absolute Gasteiger partial charge is 0.483 e. The van der Waals surface area contributed by atoms with E-state index in [9.17, 15) is 4.79 Å². The highest BCUT2D eigenvalue weighted by Gasteiger charge is 2.13. The Bertz CT molecular complexity index is 435. The number of hydrogen-bond donors (Lipinski definition) is 1. The van der Waals surface area contributed by atoms with Crippen molar-refractivity contribution in [1.82, 2.24) is 4.90 Å². The van der Waals surface area contributed by atoms with Crippen molar-refractivity contribution in [2.45, 2.75) is 25.8 Å². The summed E-state index contributed by atoms with van der Waals surface area (Å²) < 4.78 is 5.56. The maximum absolute atomic E-state index is 11.5. The van der Waals surface area contributed by atoms with Gasteiger partial charge >= 0.3 is 0 Å². The van der Waals surface area contributed by atoms with Crippen molar-refractivity contribution in [1.29, 1.82) is 0 Å². The smallest absolute Gasteiger partial charge is 0.259 e. The first-order chi connectivity index (χ1) is 8.95. The molecule has 0 radical (unpaired) electrons. The maximum Gasteiger partial charge on any atom is 0.259 e. The first-order valence-electron chi connectivity index (χ1n) is 6.31. The van der Waals surface area contributed by atoms with Crippen LogP contribution in [0.3, 0.4) is 0 Å². The first-order valence-corrected chi connectivity index (χ1v) is 6.69. The molecule has 0 heterocycles. The Kier molecular flexibility index (Phi) is 6.12. The summed E-state index contributed by atoms with van der Waals surface area (Å²) >= 11 is 6.18. The molecule has 0 saturated heterocycles. The van der Waals surface area contributed by atoms with Gasteiger partial charge in [0.25, 0.3) is 5.91 Å². The SMILES string of the molecule is CCC(N)Cc1c(Cl)cccc1OCC(=O)N(C)C. The Hall–Kier alpha value is -1.26. The summed E-state index contributed by atoms with van der Waals surface area (Å²) in [5, 5.41) is 0.624. The zero-order valence-electron chi connectivity index (χ0n) is 11.6. The Morgan fingerprint density at radius 2 is 2.16 bits per heavy atom. The first kappa shape index (κ1) is 15.8. The summed E-state index contributed by atoms with van der Waals surface area (Å²) in [6.07, 6.45) is 1.50. The van der Waals surface area contributed by atoms with Gasteiger partial charge in [-0.05, 0) is 25.0 Å². The second-order valence-electron chi connectivity index (χ2n) is 4.67. The van der Waals surface area contributed by atoms with E-state index >= 15 is 0 Å². The van der Waals surface area contributed by atoms with Crippen LogP contribution in [-0.2, 0) is 11.2 Å². The van der Waals surface area contributed by atoms with Crippen molar-refractivity contribution in [3.63, 3.8) is 0 Å². The van der Waals surface area contributed by atoms with E-state index in [1.165, 1.54) is 4.90 Å². The zero-order valence-corrected chi connectivity index (χ0v) is 12.4. The van der Waals surface area contributed by atoms with Crippen LogP contribution in [-0.4, -0.2) is 37.6 Å². The van der Waals surface area contributed by atoms with E-state index in [0.717, 1.165) is 12.0 Å². The lowest BCUT2D eigenvalue weighted by Gasteiger charge is -2.17. The van der Waals surface area contributed by atoms with Crippen molar-refractivity contribution in [3.8, 4) is 5.75 Å². The molecule has 0 fully saturated rings. The molecule has 0 aliphatic heterocycles. The van der Waals surface area contributed by atoms with Gasteiger partial charge in [-0.1, -0.05) is 24.6 Å². The fourth-order valence-corrected chi connectivity index (χ4v) is 1.79. The van der Waals surface area contributed by atoms with E-state index in [1.807, 2.05) is 13.0 Å². The highest BCUT2D eigenvalue weighted by molar-refractivity contribution is 6.31. The molecular formula is C14H21ClN2O2. The van der Waals surface area contributed by atoms with Crippen molar-refractivity contribution < 1.29 is 9.53 Å². The van der Waals surface area contributed by atoms with Crippen LogP contribution in [0.25, 0.3) is 0 Å². The summed E-state index contributed by atoms with van der Waals surface area (Å²) in [5.74, 6) is 0.539. The molecule has 4 nitrogen and oxygen atoms in total. The fourth-order valence-electron chi connectivity index (χ4n) is 1.55. The van der Waals surface area contributed by atoms with Crippen LogP contribution >= 0.6 is 11.6 Å². The molecule has 0 aromatic heterocycles. The Labute approximate surface area is 119 Å². The van der Waals surface area contributed by atoms with Gasteiger partial charge in [0.1, 0.15) is 5.75 Å². The summed E-state index contributed by atoms with van der Waals surface area (Å²) in [4.78, 5) is 13.0. The average molecular weight is 285 g/mol. The number of carbonyl (C=O) groups is 1. The third-order valence-corrected chi connectivity index (χ3v) is 3.27. The highest BCUT2D eigenvalue weighted by atomic mass is 35.5. The zero-order chi connectivity index (χ0) is 14.4. The molecule has 1 atom stereocenters. The number of ether oxygens (including phenoxy) is 1. The number of nitrogens with zero attached hydrogens (tertiary/aromatic N) is 1. The minimum Gasteiger partial charge on any atom is -0.483 e. The lowest BCUT2D eigenvalue weighted by atomic mass is 10.0. The van der Waals surface area contributed by atoms with Gasteiger partial charge in [-0.15, -0.1) is 0 Å². The Morgan fingerprint density at radius 1 is 1.47 bits per heavy atom. The number of nitrogens with two attached hydrogens (primary N) is 1. The van der Waals surface area contributed by atoms with E-state index < -0.39 is 0 Å². The summed E-state index contributed by atoms with van der Waals surface area (Å²) in [5.41, 5.74) is 6.82. The number of carbonyl (C=O) groups excluding carboxylic acids is 1. The van der Waals surface area contributed by atoms with Gasteiger partial charge in [-0.2, -0.15) is 0 Å². The normalized spacial score (nSPS) is 12.1. The monoisotopic (exact) mass is 284 g/mol. The van der Waals surface area contributed by atoms with Gasteiger partial charge in [0.05, 0.1) is 0 Å². The van der Waals surface area contributed by atoms with E-state index in [0.29, 0.717) is 17.2 Å². The standard InChI is InChI=1S/C14H21ClN2O2/c1-4-10(16)8-11-12(15)6-5-7-13(11)19-9-14(18)17(2)3/h5-7,10H,4,8-9,16H2,1-3H3. The molecule has 0 aliphatic carbocycles. The highest BCUT2D eigenvalue weighted by Crippen LogP contribution is 2.28. The molecule has 0 saturated carbocycles. The number of hydrogen-bond acceptors (Lipinski definition) is 3. The van der Waals surface area contributed by atoms with Crippen molar-refractivity contribution in [3.05, 3.63) is 28.8 Å². The molecule has 1 rings (SSSR count). The molecule has 5 heteroatoms. The Balaban J connectivity index is 2.82. The van der Waals surface area contributed by atoms with Crippen LogP contribution in [0, 0.1) is 0 Å². The average Bonchev–Trinajstić information content (AvgIpc) is 2.38. The van der Waals surface area contributed by atoms with Gasteiger partial charge in [0, 0.05) is 30.7 Å². The lowest BCUT2D eigenvalue weighted by Crippen LogP contribution is -2.28. The second-order valence-corrected chi connectivity index (χ2v) is 5.07. The number of amides is 1. The van der Waals surface area contributed by atoms with Crippen LogP contribution in [0.15, 0.2) is 18.2 Å². The van der Waals surface area contributed by atoms with Crippen LogP contribution < -0.4 is 10.5 Å². The summed E-state index contributed by atoms with van der Waals surface area (Å²) in [6, 6.07) is 5.46. The molecule has 0 spiro atoms. The number of rotatable bonds is 6. The van der Waals surface area contributed by atoms with Gasteiger partial charge in [-0.3, -0.25) is 4.79 Å². The third-order valence-electron chi connectivity index (χ3n) is 2.92. The number of halogens is 1. The number of benzene rings is 1. The molecule has 106 valence electrons. The predicted octanol–water partition coefficient (Wildman–Crippen LogP) is 2.09. The molecule has 1 amide bonds. The van der Waals surface area contributed by atoms with Gasteiger partial charge < -0.3 is 15.4 Å². The summed E-state index contributed by atoms with van der Waals surface area (Å²) in [6.45, 7) is 2.03. The van der Waals surface area contributed by atoms with Crippen molar-refractivity contribution >= 4 is 17.5 Å². The molecule has 0 bridgehead atoms.